The van der Waals surface area contributed by atoms with Crippen LogP contribution >= 0.6 is 35.8 Å². The molecule has 0 radical (unpaired) electrons. The quantitative estimate of drug-likeness (QED) is 0.320. The summed E-state index contributed by atoms with van der Waals surface area (Å²) in [6.07, 6.45) is 3.58. The van der Waals surface area contributed by atoms with Crippen LogP contribution < -0.4 is 11.1 Å². The summed E-state index contributed by atoms with van der Waals surface area (Å²) in [4.78, 5) is 25.9. The number of pyridine rings is 1. The highest BCUT2D eigenvalue weighted by Crippen LogP contribution is 2.33. The number of rotatable bonds is 3. The van der Waals surface area contributed by atoms with Crippen molar-refractivity contribution in [1.82, 2.24) is 10.3 Å². The summed E-state index contributed by atoms with van der Waals surface area (Å²) in [6.45, 7) is 1.70. The van der Waals surface area contributed by atoms with Gasteiger partial charge in [-0.3, -0.25) is 9.78 Å². The lowest BCUT2D eigenvalue weighted by Crippen LogP contribution is -2.19. The van der Waals surface area contributed by atoms with E-state index in [4.69, 9.17) is 17.3 Å². The first-order valence-electron chi connectivity index (χ1n) is 8.73. The maximum Gasteiger partial charge on any atom is 0.264 e. The van der Waals surface area contributed by atoms with Crippen molar-refractivity contribution in [3.05, 3.63) is 70.2 Å². The molecule has 1 saturated heterocycles. The molecule has 152 valence electrons. The number of aliphatic imine (C=N–C) groups is 2. The highest BCUT2D eigenvalue weighted by atomic mass is 35.5. The third kappa shape index (κ3) is 4.99. The summed E-state index contributed by atoms with van der Waals surface area (Å²) in [6, 6.07) is 14.9. The fourth-order valence-electron chi connectivity index (χ4n) is 2.79. The molecule has 3 N–H and O–H groups in total. The molecule has 1 fully saturated rings. The Morgan fingerprint density at radius 3 is 2.87 bits per heavy atom. The van der Waals surface area contributed by atoms with Crippen LogP contribution in [0.25, 0.3) is 17.0 Å². The summed E-state index contributed by atoms with van der Waals surface area (Å²) >= 11 is 7.50. The zero-order valence-corrected chi connectivity index (χ0v) is 18.2. The summed E-state index contributed by atoms with van der Waals surface area (Å²) in [5.41, 5.74) is 8.60. The van der Waals surface area contributed by atoms with Crippen molar-refractivity contribution in [1.29, 1.82) is 0 Å². The van der Waals surface area contributed by atoms with Crippen LogP contribution in [-0.2, 0) is 4.79 Å². The molecule has 2 heterocycles. The smallest absolute Gasteiger partial charge is 0.264 e. The average molecular weight is 458 g/mol. The lowest BCUT2D eigenvalue weighted by molar-refractivity contribution is -0.115. The van der Waals surface area contributed by atoms with Crippen LogP contribution in [0.5, 0.6) is 0 Å². The van der Waals surface area contributed by atoms with Gasteiger partial charge in [0.2, 0.25) is 0 Å². The number of aromatic nitrogens is 1. The molecule has 1 aromatic heterocycles. The molecule has 1 amide bonds. The van der Waals surface area contributed by atoms with Gasteiger partial charge in [0.25, 0.3) is 5.91 Å². The summed E-state index contributed by atoms with van der Waals surface area (Å²) in [5, 5.41) is 4.70. The van der Waals surface area contributed by atoms with E-state index in [1.54, 1.807) is 31.3 Å². The normalized spacial score (nSPS) is 16.7. The Bertz CT molecular complexity index is 1220. The monoisotopic (exact) mass is 457 g/mol. The van der Waals surface area contributed by atoms with Crippen molar-refractivity contribution in [3.63, 3.8) is 0 Å². The highest BCUT2D eigenvalue weighted by molar-refractivity contribution is 8.18. The fourth-order valence-corrected chi connectivity index (χ4v) is 3.78. The number of benzene rings is 2. The lowest BCUT2D eigenvalue weighted by atomic mass is 10.1. The first kappa shape index (κ1) is 21.8. The molecule has 0 spiro atoms. The van der Waals surface area contributed by atoms with E-state index in [9.17, 15) is 4.79 Å². The molecular weight excluding hydrogens is 441 g/mol. The van der Waals surface area contributed by atoms with Crippen LogP contribution in [0.4, 0.5) is 11.4 Å². The Balaban J connectivity index is 0.00000256. The lowest BCUT2D eigenvalue weighted by Gasteiger charge is -2.02. The maximum atomic E-state index is 12.4. The first-order chi connectivity index (χ1) is 14.0. The average Bonchev–Trinajstić information content (AvgIpc) is 3.03. The number of hydrogen-bond donors (Lipinski definition) is 2. The molecule has 0 unspecified atom stereocenters. The van der Waals surface area contributed by atoms with E-state index in [1.165, 1.54) is 11.8 Å². The second-order valence-corrected chi connectivity index (χ2v) is 7.76. The van der Waals surface area contributed by atoms with Gasteiger partial charge in [-0.2, -0.15) is 0 Å². The molecular formula is C21H17Cl2N5OS. The van der Waals surface area contributed by atoms with Crippen molar-refractivity contribution >= 4 is 81.0 Å². The summed E-state index contributed by atoms with van der Waals surface area (Å²) in [5.74, 6) is 0.230. The molecule has 0 bridgehead atoms. The van der Waals surface area contributed by atoms with Crippen LogP contribution in [0.1, 0.15) is 12.5 Å². The van der Waals surface area contributed by atoms with Crippen molar-refractivity contribution in [3.8, 4) is 0 Å². The Hall–Kier alpha value is -2.87. The minimum atomic E-state index is -0.205. The van der Waals surface area contributed by atoms with Crippen molar-refractivity contribution < 1.29 is 4.79 Å². The number of halogens is 2. The number of fused-ring (bicyclic) bond motifs is 1. The summed E-state index contributed by atoms with van der Waals surface area (Å²) < 4.78 is 0. The standard InChI is InChI=1S/C21H16ClN5OS.ClH/c1-12(23)25-15-5-6-16(22)18(11-15)26-21-27-20(28)19(29-21)10-13-4-7-17-14(9-13)3-2-8-24-17;/h2-11H,1H3,(H2,23,25)(H,26,27,28);1H/b19-10-;. The van der Waals surface area contributed by atoms with Crippen LogP contribution in [-0.4, -0.2) is 21.9 Å². The topological polar surface area (TPSA) is 92.7 Å². The predicted molar refractivity (Wildman–Crippen MR) is 128 cm³/mol. The Morgan fingerprint density at radius 1 is 1.23 bits per heavy atom. The molecule has 2 aromatic carbocycles. The van der Waals surface area contributed by atoms with Crippen LogP contribution in [0.3, 0.4) is 0 Å². The summed E-state index contributed by atoms with van der Waals surface area (Å²) in [7, 11) is 0. The predicted octanol–water partition coefficient (Wildman–Crippen LogP) is 5.21. The van der Waals surface area contributed by atoms with E-state index in [0.29, 0.717) is 32.3 Å². The number of thioether (sulfide) groups is 1. The SMILES string of the molecule is CC(N)=Nc1ccc(Cl)c(N=C2NC(=O)/C(=C/c3ccc4ncccc4c3)S2)c1.Cl. The second kappa shape index (κ2) is 9.30. The zero-order valence-electron chi connectivity index (χ0n) is 15.8. The van der Waals surface area contributed by atoms with Gasteiger partial charge in [0, 0.05) is 11.6 Å². The molecule has 6 nitrogen and oxygen atoms in total. The second-order valence-electron chi connectivity index (χ2n) is 6.33. The van der Waals surface area contributed by atoms with E-state index in [0.717, 1.165) is 16.5 Å². The van der Waals surface area contributed by atoms with Gasteiger partial charge < -0.3 is 11.1 Å². The number of hydrogen-bond acceptors (Lipinski definition) is 5. The van der Waals surface area contributed by atoms with Crippen LogP contribution in [0.15, 0.2) is 69.6 Å². The zero-order chi connectivity index (χ0) is 20.4. The number of nitrogens with zero attached hydrogens (tertiary/aromatic N) is 3. The first-order valence-corrected chi connectivity index (χ1v) is 9.92. The van der Waals surface area contributed by atoms with E-state index >= 15 is 0 Å². The minimum Gasteiger partial charge on any atom is -0.387 e. The number of nitrogens with one attached hydrogen (secondary N) is 1. The largest absolute Gasteiger partial charge is 0.387 e. The Labute approximate surface area is 188 Å². The van der Waals surface area contributed by atoms with Gasteiger partial charge >= 0.3 is 0 Å². The number of nitrogens with two attached hydrogens (primary N) is 1. The van der Waals surface area contributed by atoms with Crippen molar-refractivity contribution in [2.24, 2.45) is 15.7 Å². The van der Waals surface area contributed by atoms with Gasteiger partial charge in [-0.1, -0.05) is 23.7 Å². The third-order valence-electron chi connectivity index (χ3n) is 4.03. The van der Waals surface area contributed by atoms with Gasteiger partial charge in [0.05, 0.1) is 32.7 Å². The van der Waals surface area contributed by atoms with Gasteiger partial charge in [0.15, 0.2) is 5.17 Å². The third-order valence-corrected chi connectivity index (χ3v) is 5.26. The minimum absolute atomic E-state index is 0. The van der Waals surface area contributed by atoms with Gasteiger partial charge in [-0.15, -0.1) is 12.4 Å². The van der Waals surface area contributed by atoms with Gasteiger partial charge in [-0.25, -0.2) is 9.98 Å². The molecule has 1 aliphatic rings. The Morgan fingerprint density at radius 2 is 2.07 bits per heavy atom. The fraction of sp³-hybridized carbons (Fsp3) is 0.0476. The number of carbonyl (C=O) groups excluding carboxylic acids is 1. The van der Waals surface area contributed by atoms with Crippen LogP contribution in [0, 0.1) is 0 Å². The molecule has 30 heavy (non-hydrogen) atoms. The van der Waals surface area contributed by atoms with E-state index in [2.05, 4.69) is 20.3 Å². The van der Waals surface area contributed by atoms with Gasteiger partial charge in [0.1, 0.15) is 0 Å². The number of amides is 1. The van der Waals surface area contributed by atoms with Crippen molar-refractivity contribution in [2.75, 3.05) is 0 Å². The van der Waals surface area contributed by atoms with E-state index < -0.39 is 0 Å². The Kier molecular flexibility index (Phi) is 6.77. The van der Waals surface area contributed by atoms with Crippen LogP contribution in [0.2, 0.25) is 5.02 Å². The molecule has 0 aliphatic carbocycles. The molecule has 4 rings (SSSR count). The van der Waals surface area contributed by atoms with E-state index in [-0.39, 0.29) is 18.3 Å². The molecule has 0 atom stereocenters. The van der Waals surface area contributed by atoms with Gasteiger partial charge in [-0.05, 0) is 66.7 Å². The highest BCUT2D eigenvalue weighted by Gasteiger charge is 2.24. The maximum absolute atomic E-state index is 12.4. The number of amidine groups is 2. The van der Waals surface area contributed by atoms with E-state index in [1.807, 2.05) is 36.4 Å². The molecule has 9 heteroatoms. The molecule has 3 aromatic rings. The molecule has 1 aliphatic heterocycles. The molecule has 0 saturated carbocycles. The van der Waals surface area contributed by atoms with Crippen molar-refractivity contribution in [2.45, 2.75) is 6.92 Å². The number of carbonyl (C=O) groups is 1.